The molecular formula is C13H21N3O2S. The summed E-state index contributed by atoms with van der Waals surface area (Å²) in [5.41, 5.74) is 0.935. The van der Waals surface area contributed by atoms with Crippen LogP contribution in [-0.2, 0) is 9.84 Å². The maximum atomic E-state index is 11.4. The lowest BCUT2D eigenvalue weighted by Crippen LogP contribution is -2.32. The fourth-order valence-electron chi connectivity index (χ4n) is 2.17. The Labute approximate surface area is 114 Å². The number of anilines is 1. The number of nitrogens with one attached hydrogen (secondary N) is 1. The van der Waals surface area contributed by atoms with E-state index in [1.54, 1.807) is 0 Å². The first kappa shape index (κ1) is 14.2. The van der Waals surface area contributed by atoms with Gasteiger partial charge in [0.25, 0.3) is 0 Å². The number of hydrogen-bond donors (Lipinski definition) is 1. The molecule has 2 rings (SSSR count). The van der Waals surface area contributed by atoms with Gasteiger partial charge < -0.3 is 5.32 Å². The molecule has 0 atom stereocenters. The molecule has 0 bridgehead atoms. The zero-order valence-electron chi connectivity index (χ0n) is 11.7. The van der Waals surface area contributed by atoms with Crippen LogP contribution in [0.5, 0.6) is 0 Å². The van der Waals surface area contributed by atoms with Crippen LogP contribution in [0.2, 0.25) is 0 Å². The van der Waals surface area contributed by atoms with Crippen LogP contribution < -0.4 is 5.32 Å². The molecule has 1 saturated heterocycles. The minimum absolute atomic E-state index is 0.192. The summed E-state index contributed by atoms with van der Waals surface area (Å²) in [6.07, 6.45) is 1.31. The molecular weight excluding hydrogens is 262 g/mol. The highest BCUT2D eigenvalue weighted by Gasteiger charge is 2.23. The van der Waals surface area contributed by atoms with Gasteiger partial charge in [0.15, 0.2) is 0 Å². The van der Waals surface area contributed by atoms with Crippen molar-refractivity contribution < 1.29 is 8.42 Å². The summed E-state index contributed by atoms with van der Waals surface area (Å²) in [6.45, 7) is 6.07. The van der Waals surface area contributed by atoms with E-state index in [0.717, 1.165) is 17.3 Å². The summed E-state index contributed by atoms with van der Waals surface area (Å²) in [4.78, 5) is 8.89. The first-order valence-corrected chi connectivity index (χ1v) is 8.50. The maximum absolute atomic E-state index is 11.4. The van der Waals surface area contributed by atoms with Gasteiger partial charge >= 0.3 is 0 Å². The number of hydrogen-bond acceptors (Lipinski definition) is 5. The SMILES string of the molecule is Cc1cc(NC2CCS(=O)(=O)CC2)nc(C(C)C)n1. The van der Waals surface area contributed by atoms with Crippen molar-refractivity contribution in [3.63, 3.8) is 0 Å². The van der Waals surface area contributed by atoms with Gasteiger partial charge in [0, 0.05) is 23.7 Å². The highest BCUT2D eigenvalue weighted by atomic mass is 32.2. The van der Waals surface area contributed by atoms with Crippen molar-refractivity contribution in [3.8, 4) is 0 Å². The summed E-state index contributed by atoms with van der Waals surface area (Å²) in [5.74, 6) is 2.45. The average Bonchev–Trinajstić information content (AvgIpc) is 2.31. The molecule has 0 spiro atoms. The molecule has 1 N–H and O–H groups in total. The Morgan fingerprint density at radius 3 is 2.47 bits per heavy atom. The van der Waals surface area contributed by atoms with Crippen LogP contribution in [-0.4, -0.2) is 35.9 Å². The van der Waals surface area contributed by atoms with Crippen molar-refractivity contribution in [3.05, 3.63) is 17.6 Å². The lowest BCUT2D eigenvalue weighted by atomic mass is 10.1. The van der Waals surface area contributed by atoms with Gasteiger partial charge in [-0.3, -0.25) is 0 Å². The summed E-state index contributed by atoms with van der Waals surface area (Å²) in [5, 5.41) is 3.34. The number of aromatic nitrogens is 2. The van der Waals surface area contributed by atoms with Crippen LogP contribution in [0.15, 0.2) is 6.07 Å². The van der Waals surface area contributed by atoms with Crippen LogP contribution in [0, 0.1) is 6.92 Å². The quantitative estimate of drug-likeness (QED) is 0.917. The topological polar surface area (TPSA) is 72.0 Å². The molecule has 5 nitrogen and oxygen atoms in total. The molecule has 1 fully saturated rings. The lowest BCUT2D eigenvalue weighted by Gasteiger charge is -2.24. The van der Waals surface area contributed by atoms with E-state index in [4.69, 9.17) is 0 Å². The smallest absolute Gasteiger partial charge is 0.150 e. The molecule has 106 valence electrons. The van der Waals surface area contributed by atoms with Crippen molar-refractivity contribution in [2.75, 3.05) is 16.8 Å². The zero-order chi connectivity index (χ0) is 14.0. The molecule has 1 aromatic heterocycles. The molecule has 0 saturated carbocycles. The Morgan fingerprint density at radius 1 is 1.26 bits per heavy atom. The Kier molecular flexibility index (Phi) is 4.08. The van der Waals surface area contributed by atoms with Crippen LogP contribution in [0.25, 0.3) is 0 Å². The van der Waals surface area contributed by atoms with E-state index < -0.39 is 9.84 Å². The summed E-state index contributed by atoms with van der Waals surface area (Å²) in [7, 11) is -2.81. The fraction of sp³-hybridized carbons (Fsp3) is 0.692. The largest absolute Gasteiger partial charge is 0.367 e. The third-order valence-electron chi connectivity index (χ3n) is 3.29. The maximum Gasteiger partial charge on any atom is 0.150 e. The fourth-order valence-corrected chi connectivity index (χ4v) is 3.66. The third kappa shape index (κ3) is 3.89. The van der Waals surface area contributed by atoms with Crippen molar-refractivity contribution in [2.45, 2.75) is 45.6 Å². The van der Waals surface area contributed by atoms with Crippen molar-refractivity contribution >= 4 is 15.7 Å². The monoisotopic (exact) mass is 283 g/mol. The van der Waals surface area contributed by atoms with Crippen molar-refractivity contribution in [1.29, 1.82) is 0 Å². The second kappa shape index (κ2) is 5.45. The van der Waals surface area contributed by atoms with Crippen LogP contribution >= 0.6 is 0 Å². The predicted molar refractivity (Wildman–Crippen MR) is 76.2 cm³/mol. The highest BCUT2D eigenvalue weighted by molar-refractivity contribution is 7.91. The Balaban J connectivity index is 2.07. The molecule has 0 aliphatic carbocycles. The van der Waals surface area contributed by atoms with E-state index in [0.29, 0.717) is 12.8 Å². The van der Waals surface area contributed by atoms with Gasteiger partial charge in [0.05, 0.1) is 11.5 Å². The van der Waals surface area contributed by atoms with Gasteiger partial charge in [-0.2, -0.15) is 0 Å². The average molecular weight is 283 g/mol. The van der Waals surface area contributed by atoms with E-state index in [1.165, 1.54) is 0 Å². The number of nitrogens with zero attached hydrogens (tertiary/aromatic N) is 2. The molecule has 0 amide bonds. The molecule has 1 aliphatic heterocycles. The van der Waals surface area contributed by atoms with Gasteiger partial charge in [-0.25, -0.2) is 18.4 Å². The lowest BCUT2D eigenvalue weighted by molar-refractivity contribution is 0.558. The van der Waals surface area contributed by atoms with Crippen LogP contribution in [0.3, 0.4) is 0 Å². The van der Waals surface area contributed by atoms with Crippen LogP contribution in [0.4, 0.5) is 5.82 Å². The van der Waals surface area contributed by atoms with E-state index in [-0.39, 0.29) is 23.5 Å². The summed E-state index contributed by atoms with van der Waals surface area (Å²) in [6, 6.07) is 2.10. The van der Waals surface area contributed by atoms with Gasteiger partial charge in [0.2, 0.25) is 0 Å². The Hall–Kier alpha value is -1.17. The zero-order valence-corrected chi connectivity index (χ0v) is 12.5. The third-order valence-corrected chi connectivity index (χ3v) is 5.01. The molecule has 6 heteroatoms. The van der Waals surface area contributed by atoms with Gasteiger partial charge in [-0.05, 0) is 19.8 Å². The summed E-state index contributed by atoms with van der Waals surface area (Å²) >= 11 is 0. The molecule has 0 aromatic carbocycles. The van der Waals surface area contributed by atoms with Crippen molar-refractivity contribution in [1.82, 2.24) is 9.97 Å². The predicted octanol–water partition coefficient (Wildman–Crippen LogP) is 1.90. The Morgan fingerprint density at radius 2 is 1.89 bits per heavy atom. The van der Waals surface area contributed by atoms with Gasteiger partial charge in [-0.1, -0.05) is 13.8 Å². The van der Waals surface area contributed by atoms with Gasteiger partial charge in [0.1, 0.15) is 21.5 Å². The summed E-state index contributed by atoms with van der Waals surface area (Å²) < 4.78 is 22.8. The van der Waals surface area contributed by atoms with Gasteiger partial charge in [-0.15, -0.1) is 0 Å². The first-order valence-electron chi connectivity index (χ1n) is 6.68. The minimum atomic E-state index is -2.81. The molecule has 0 unspecified atom stereocenters. The molecule has 19 heavy (non-hydrogen) atoms. The van der Waals surface area contributed by atoms with E-state index in [2.05, 4.69) is 29.1 Å². The highest BCUT2D eigenvalue weighted by Crippen LogP contribution is 2.19. The molecule has 1 aromatic rings. The number of aryl methyl sites for hydroxylation is 1. The normalized spacial score (nSPS) is 19.6. The second-order valence-corrected chi connectivity index (χ2v) is 7.78. The van der Waals surface area contributed by atoms with Crippen LogP contribution in [0.1, 0.15) is 44.1 Å². The van der Waals surface area contributed by atoms with Crippen molar-refractivity contribution in [2.24, 2.45) is 0 Å². The van der Waals surface area contributed by atoms with E-state index >= 15 is 0 Å². The minimum Gasteiger partial charge on any atom is -0.367 e. The number of rotatable bonds is 3. The molecule has 2 heterocycles. The molecule has 1 aliphatic rings. The number of sulfone groups is 1. The molecule has 0 radical (unpaired) electrons. The first-order chi connectivity index (χ1) is 8.85. The van der Waals surface area contributed by atoms with E-state index in [9.17, 15) is 8.42 Å². The second-order valence-electron chi connectivity index (χ2n) is 5.48. The van der Waals surface area contributed by atoms with E-state index in [1.807, 2.05) is 13.0 Å². The standard InChI is InChI=1S/C13H21N3O2S/c1-9(2)13-14-10(3)8-12(16-13)15-11-4-6-19(17,18)7-5-11/h8-9,11H,4-7H2,1-3H3,(H,14,15,16). The Bertz CT molecular complexity index is 541.